The van der Waals surface area contributed by atoms with Gasteiger partial charge in [-0.3, -0.25) is 0 Å². The zero-order valence-electron chi connectivity index (χ0n) is 13.3. The van der Waals surface area contributed by atoms with E-state index in [1.54, 1.807) is 6.07 Å². The highest BCUT2D eigenvalue weighted by Gasteiger charge is 2.09. The molecule has 0 saturated heterocycles. The maximum atomic E-state index is 12.1. The standard InChI is InChI=1S/C19H17NO3/c1-11-4-6-13(3)14(8-11)17(21)10-16-19(22)23-18-7-5-12(2)9-15(18)20-16/h4-10,21H,1-3H3/b17-10-. The van der Waals surface area contributed by atoms with Crippen molar-refractivity contribution >= 4 is 22.9 Å². The molecule has 0 spiro atoms. The fourth-order valence-corrected chi connectivity index (χ4v) is 2.44. The van der Waals surface area contributed by atoms with Crippen molar-refractivity contribution in [1.82, 2.24) is 4.98 Å². The maximum Gasteiger partial charge on any atom is 0.362 e. The minimum atomic E-state index is -0.571. The first-order chi connectivity index (χ1) is 10.9. The van der Waals surface area contributed by atoms with E-state index in [4.69, 9.17) is 4.42 Å². The molecule has 0 amide bonds. The molecule has 23 heavy (non-hydrogen) atoms. The van der Waals surface area contributed by atoms with Crippen molar-refractivity contribution in [2.45, 2.75) is 20.8 Å². The first-order valence-corrected chi connectivity index (χ1v) is 7.34. The Labute approximate surface area is 133 Å². The molecule has 0 aliphatic heterocycles. The molecule has 4 nitrogen and oxygen atoms in total. The average Bonchev–Trinajstić information content (AvgIpc) is 2.50. The van der Waals surface area contributed by atoms with Gasteiger partial charge in [0.25, 0.3) is 0 Å². The minimum Gasteiger partial charge on any atom is -0.507 e. The number of aliphatic hydroxyl groups is 1. The summed E-state index contributed by atoms with van der Waals surface area (Å²) in [5, 5.41) is 10.4. The largest absolute Gasteiger partial charge is 0.507 e. The van der Waals surface area contributed by atoms with Crippen molar-refractivity contribution in [3.05, 3.63) is 74.8 Å². The molecule has 0 bridgehead atoms. The number of aliphatic hydroxyl groups excluding tert-OH is 1. The molecule has 0 saturated carbocycles. The van der Waals surface area contributed by atoms with Gasteiger partial charge in [-0.05, 0) is 50.1 Å². The minimum absolute atomic E-state index is 0.00185. The third-order valence-electron chi connectivity index (χ3n) is 3.71. The molecule has 0 unspecified atom stereocenters. The van der Waals surface area contributed by atoms with E-state index in [1.807, 2.05) is 51.1 Å². The van der Waals surface area contributed by atoms with Gasteiger partial charge < -0.3 is 9.52 Å². The van der Waals surface area contributed by atoms with Crippen LogP contribution in [0.5, 0.6) is 0 Å². The van der Waals surface area contributed by atoms with Crippen LogP contribution in [0.3, 0.4) is 0 Å². The summed E-state index contributed by atoms with van der Waals surface area (Å²) in [5.41, 5.74) is 4.18. The van der Waals surface area contributed by atoms with Gasteiger partial charge in [-0.25, -0.2) is 9.78 Å². The number of hydrogen-bond acceptors (Lipinski definition) is 4. The molecular weight excluding hydrogens is 290 g/mol. The number of rotatable bonds is 2. The lowest BCUT2D eigenvalue weighted by atomic mass is 10.0. The molecule has 4 heteroatoms. The number of fused-ring (bicyclic) bond motifs is 1. The average molecular weight is 307 g/mol. The first-order valence-electron chi connectivity index (χ1n) is 7.34. The molecule has 1 aromatic heterocycles. The van der Waals surface area contributed by atoms with Crippen molar-refractivity contribution < 1.29 is 9.52 Å². The lowest BCUT2D eigenvalue weighted by Crippen LogP contribution is -2.07. The Morgan fingerprint density at radius 3 is 2.57 bits per heavy atom. The van der Waals surface area contributed by atoms with E-state index in [0.717, 1.165) is 16.7 Å². The Balaban J connectivity index is 2.14. The summed E-state index contributed by atoms with van der Waals surface area (Å²) >= 11 is 0. The van der Waals surface area contributed by atoms with Gasteiger partial charge in [0.1, 0.15) is 11.3 Å². The summed E-state index contributed by atoms with van der Waals surface area (Å²) in [6, 6.07) is 11.2. The molecule has 0 atom stereocenters. The predicted molar refractivity (Wildman–Crippen MR) is 91.4 cm³/mol. The second kappa shape index (κ2) is 5.72. The Kier molecular flexibility index (Phi) is 3.74. The molecule has 1 heterocycles. The normalized spacial score (nSPS) is 11.9. The Hall–Kier alpha value is -2.88. The molecule has 0 radical (unpaired) electrons. The van der Waals surface area contributed by atoms with Gasteiger partial charge in [-0.2, -0.15) is 0 Å². The third-order valence-corrected chi connectivity index (χ3v) is 3.71. The predicted octanol–water partition coefficient (Wildman–Crippen LogP) is 4.17. The van der Waals surface area contributed by atoms with E-state index in [1.165, 1.54) is 6.08 Å². The van der Waals surface area contributed by atoms with Gasteiger partial charge in [0.2, 0.25) is 0 Å². The van der Waals surface area contributed by atoms with E-state index in [9.17, 15) is 9.90 Å². The number of hydrogen-bond donors (Lipinski definition) is 1. The van der Waals surface area contributed by atoms with E-state index < -0.39 is 5.63 Å². The lowest BCUT2D eigenvalue weighted by molar-refractivity contribution is 0.513. The van der Waals surface area contributed by atoms with E-state index in [-0.39, 0.29) is 11.5 Å². The van der Waals surface area contributed by atoms with E-state index in [0.29, 0.717) is 16.7 Å². The van der Waals surface area contributed by atoms with Gasteiger partial charge >= 0.3 is 5.63 Å². The van der Waals surface area contributed by atoms with Crippen LogP contribution in [0.4, 0.5) is 0 Å². The highest BCUT2D eigenvalue weighted by Crippen LogP contribution is 2.20. The topological polar surface area (TPSA) is 63.3 Å². The van der Waals surface area contributed by atoms with Gasteiger partial charge in [0.15, 0.2) is 11.3 Å². The van der Waals surface area contributed by atoms with Crippen LogP contribution in [0.1, 0.15) is 27.9 Å². The Morgan fingerprint density at radius 2 is 1.78 bits per heavy atom. The van der Waals surface area contributed by atoms with Gasteiger partial charge in [-0.15, -0.1) is 0 Å². The maximum absolute atomic E-state index is 12.1. The fourth-order valence-electron chi connectivity index (χ4n) is 2.44. The van der Waals surface area contributed by atoms with Crippen molar-refractivity contribution in [2.75, 3.05) is 0 Å². The number of aromatic nitrogens is 1. The van der Waals surface area contributed by atoms with E-state index >= 15 is 0 Å². The Bertz CT molecular complexity index is 984. The van der Waals surface area contributed by atoms with Crippen LogP contribution in [-0.2, 0) is 0 Å². The summed E-state index contributed by atoms with van der Waals surface area (Å²) in [4.78, 5) is 16.4. The van der Waals surface area contributed by atoms with Gasteiger partial charge in [-0.1, -0.05) is 23.8 Å². The van der Waals surface area contributed by atoms with Crippen LogP contribution >= 0.6 is 0 Å². The van der Waals surface area contributed by atoms with Crippen LogP contribution in [0.2, 0.25) is 0 Å². The molecular formula is C19H17NO3. The lowest BCUT2D eigenvalue weighted by Gasteiger charge is -2.06. The van der Waals surface area contributed by atoms with E-state index in [2.05, 4.69) is 4.98 Å². The number of nitrogens with zero attached hydrogens (tertiary/aromatic N) is 1. The quantitative estimate of drug-likeness (QED) is 0.722. The summed E-state index contributed by atoms with van der Waals surface area (Å²) in [6.07, 6.45) is 1.36. The molecule has 2 aromatic carbocycles. The second-order valence-corrected chi connectivity index (χ2v) is 5.71. The smallest absolute Gasteiger partial charge is 0.362 e. The number of benzene rings is 2. The molecule has 1 N–H and O–H groups in total. The van der Waals surface area contributed by atoms with Crippen LogP contribution in [0, 0.1) is 20.8 Å². The Morgan fingerprint density at radius 1 is 1.09 bits per heavy atom. The van der Waals surface area contributed by atoms with Crippen molar-refractivity contribution in [3.8, 4) is 0 Å². The molecule has 0 fully saturated rings. The zero-order chi connectivity index (χ0) is 16.6. The van der Waals surface area contributed by atoms with Gasteiger partial charge in [0.05, 0.1) is 0 Å². The fraction of sp³-hybridized carbons (Fsp3) is 0.158. The molecule has 116 valence electrons. The van der Waals surface area contributed by atoms with Gasteiger partial charge in [0, 0.05) is 11.6 Å². The van der Waals surface area contributed by atoms with Crippen molar-refractivity contribution in [2.24, 2.45) is 0 Å². The zero-order valence-corrected chi connectivity index (χ0v) is 13.3. The first kappa shape index (κ1) is 15.0. The monoisotopic (exact) mass is 307 g/mol. The molecule has 3 rings (SSSR count). The third kappa shape index (κ3) is 3.01. The van der Waals surface area contributed by atoms with Crippen molar-refractivity contribution in [3.63, 3.8) is 0 Å². The highest BCUT2D eigenvalue weighted by atomic mass is 16.4. The van der Waals surface area contributed by atoms with Crippen molar-refractivity contribution in [1.29, 1.82) is 0 Å². The summed E-state index contributed by atoms with van der Waals surface area (Å²) in [6.45, 7) is 5.79. The summed E-state index contributed by atoms with van der Waals surface area (Å²) < 4.78 is 5.26. The van der Waals surface area contributed by atoms with Crippen LogP contribution in [-0.4, -0.2) is 10.1 Å². The van der Waals surface area contributed by atoms with Crippen LogP contribution in [0.15, 0.2) is 45.6 Å². The SMILES string of the molecule is Cc1ccc(C)c(/C(O)=C/c2nc3cc(C)ccc3oc2=O)c1. The number of aryl methyl sites for hydroxylation is 3. The second-order valence-electron chi connectivity index (χ2n) is 5.71. The van der Waals surface area contributed by atoms with Crippen LogP contribution in [0.25, 0.3) is 22.9 Å². The van der Waals surface area contributed by atoms with Crippen LogP contribution < -0.4 is 5.63 Å². The highest BCUT2D eigenvalue weighted by molar-refractivity contribution is 5.79. The summed E-state index contributed by atoms with van der Waals surface area (Å²) in [5.74, 6) is -0.00185. The molecule has 0 aliphatic rings. The molecule has 0 aliphatic carbocycles. The summed E-state index contributed by atoms with van der Waals surface area (Å²) in [7, 11) is 0. The molecule has 3 aromatic rings.